The Bertz CT molecular complexity index is 1740. The third kappa shape index (κ3) is 3.85. The molecule has 1 aromatic carbocycles. The number of carbonyl (C=O) groups excluding carboxylic acids is 2. The van der Waals surface area contributed by atoms with Gasteiger partial charge in [-0.15, -0.1) is 0 Å². The number of likely N-dealkylation sites (tertiary alicyclic amines) is 1. The lowest BCUT2D eigenvalue weighted by Gasteiger charge is -2.49. The van der Waals surface area contributed by atoms with Gasteiger partial charge in [0, 0.05) is 41.7 Å². The highest BCUT2D eigenvalue weighted by molar-refractivity contribution is 6.02. The number of rotatable bonds is 6. The number of hydrogen-bond donors (Lipinski definition) is 1. The first-order valence-electron chi connectivity index (χ1n) is 14.9. The van der Waals surface area contributed by atoms with Crippen LogP contribution in [0.2, 0.25) is 0 Å². The number of carbonyl (C=O) groups is 2. The van der Waals surface area contributed by atoms with Crippen molar-refractivity contribution in [2.24, 2.45) is 23.0 Å². The van der Waals surface area contributed by atoms with Gasteiger partial charge in [-0.1, -0.05) is 20.8 Å². The van der Waals surface area contributed by atoms with Crippen LogP contribution in [0.5, 0.6) is 5.75 Å². The number of benzene rings is 1. The standard InChI is InChI=1S/C33H38N4O5/c1-18-26-24(40-5)14-22(30(38)37-17-21-10-11-33(37,32(2,3)4)28(21)42-31(34)39)15-25(26)41-27(18)23-13-20-7-6-12-35-29(20)36(23)16-19-8-9-19/h6-7,12-15,19,21,28H,8-11,16-17H2,1-5H3,(H2,34,39)/t21?,28-,33?/m1/s1. The van der Waals surface area contributed by atoms with Gasteiger partial charge in [0.15, 0.2) is 5.76 Å². The quantitative estimate of drug-likeness (QED) is 0.291. The summed E-state index contributed by atoms with van der Waals surface area (Å²) in [4.78, 5) is 32.8. The molecule has 4 heterocycles. The zero-order valence-corrected chi connectivity index (χ0v) is 24.9. The van der Waals surface area contributed by atoms with Crippen LogP contribution >= 0.6 is 0 Å². The van der Waals surface area contributed by atoms with E-state index in [4.69, 9.17) is 19.6 Å². The van der Waals surface area contributed by atoms with Crippen LogP contribution in [0.4, 0.5) is 4.79 Å². The molecule has 1 aliphatic heterocycles. The minimum Gasteiger partial charge on any atom is -0.496 e. The number of amides is 2. The van der Waals surface area contributed by atoms with Crippen LogP contribution in [0.15, 0.2) is 40.9 Å². The number of aromatic nitrogens is 2. The summed E-state index contributed by atoms with van der Waals surface area (Å²) in [7, 11) is 1.62. The predicted octanol–water partition coefficient (Wildman–Crippen LogP) is 6.29. The van der Waals surface area contributed by atoms with Crippen LogP contribution in [0.25, 0.3) is 33.5 Å². The van der Waals surface area contributed by atoms with E-state index in [0.717, 1.165) is 52.8 Å². The molecule has 2 amide bonds. The second-order valence-corrected chi connectivity index (χ2v) is 13.4. The van der Waals surface area contributed by atoms with E-state index in [0.29, 0.717) is 29.4 Å². The fraction of sp³-hybridized carbons (Fsp3) is 0.485. The summed E-state index contributed by atoms with van der Waals surface area (Å²) >= 11 is 0. The molecule has 1 saturated heterocycles. The number of methoxy groups -OCH3 is 1. The molecule has 3 fully saturated rings. The first-order chi connectivity index (χ1) is 20.0. The number of pyridine rings is 1. The molecule has 3 aromatic heterocycles. The van der Waals surface area contributed by atoms with E-state index in [2.05, 4.69) is 42.5 Å². The van der Waals surface area contributed by atoms with E-state index < -0.39 is 17.7 Å². The Balaban J connectivity index is 1.33. The van der Waals surface area contributed by atoms with Crippen molar-refractivity contribution >= 4 is 34.0 Å². The lowest BCUT2D eigenvalue weighted by atomic mass is 9.70. The SMILES string of the molecule is COc1cc(C(=O)N2CC3CCC2(C(C)(C)C)[C@@H]3OC(N)=O)cc2oc(-c3cc4cccnc4n3CC3CC3)c(C)c12. The van der Waals surface area contributed by atoms with Gasteiger partial charge in [0.25, 0.3) is 5.91 Å². The summed E-state index contributed by atoms with van der Waals surface area (Å²) in [6.07, 6.45) is 4.66. The Labute approximate surface area is 244 Å². The molecule has 2 aliphatic carbocycles. The third-order valence-corrected chi connectivity index (χ3v) is 9.97. The molecule has 2 N–H and O–H groups in total. The number of nitrogens with two attached hydrogens (primary N) is 1. The van der Waals surface area contributed by atoms with Gasteiger partial charge in [-0.25, -0.2) is 9.78 Å². The van der Waals surface area contributed by atoms with Gasteiger partial charge in [0.05, 0.1) is 23.7 Å². The summed E-state index contributed by atoms with van der Waals surface area (Å²) in [5.41, 5.74) is 8.45. The van der Waals surface area contributed by atoms with Crippen molar-refractivity contribution < 1.29 is 23.5 Å². The monoisotopic (exact) mass is 570 g/mol. The molecular formula is C33H38N4O5. The lowest BCUT2D eigenvalue weighted by molar-refractivity contribution is -0.0359. The van der Waals surface area contributed by atoms with Gasteiger partial charge in [0.2, 0.25) is 0 Å². The maximum absolute atomic E-state index is 14.3. The number of furan rings is 1. The van der Waals surface area contributed by atoms with E-state index in [1.54, 1.807) is 7.11 Å². The summed E-state index contributed by atoms with van der Waals surface area (Å²) < 4.78 is 20.4. The van der Waals surface area contributed by atoms with E-state index >= 15 is 0 Å². The molecule has 0 spiro atoms. The van der Waals surface area contributed by atoms with Gasteiger partial charge in [-0.3, -0.25) is 4.79 Å². The molecule has 9 nitrogen and oxygen atoms in total. The average Bonchev–Trinajstić information content (AvgIpc) is 3.34. The Morgan fingerprint density at radius 3 is 2.67 bits per heavy atom. The van der Waals surface area contributed by atoms with E-state index in [9.17, 15) is 9.59 Å². The number of fused-ring (bicyclic) bond motifs is 4. The van der Waals surface area contributed by atoms with Crippen molar-refractivity contribution in [1.29, 1.82) is 0 Å². The van der Waals surface area contributed by atoms with Crippen molar-refractivity contribution in [1.82, 2.24) is 14.5 Å². The number of aryl methyl sites for hydroxylation is 1. The largest absolute Gasteiger partial charge is 0.496 e. The van der Waals surface area contributed by atoms with E-state index in [1.165, 1.54) is 12.8 Å². The molecule has 9 heteroatoms. The fourth-order valence-electron chi connectivity index (χ4n) is 7.79. The molecule has 2 unspecified atom stereocenters. The minimum atomic E-state index is -0.800. The highest BCUT2D eigenvalue weighted by Gasteiger charge is 2.66. The molecule has 2 saturated carbocycles. The van der Waals surface area contributed by atoms with Gasteiger partial charge in [-0.05, 0) is 74.3 Å². The fourth-order valence-corrected chi connectivity index (χ4v) is 7.79. The van der Waals surface area contributed by atoms with Crippen LogP contribution < -0.4 is 10.5 Å². The number of primary amides is 1. The number of ether oxygens (including phenoxy) is 2. The van der Waals surface area contributed by atoms with Gasteiger partial charge < -0.3 is 29.1 Å². The van der Waals surface area contributed by atoms with Crippen molar-refractivity contribution in [3.63, 3.8) is 0 Å². The molecule has 4 aromatic rings. The van der Waals surface area contributed by atoms with Crippen molar-refractivity contribution in [3.8, 4) is 17.2 Å². The Hall–Kier alpha value is -4.01. The number of nitrogens with zero attached hydrogens (tertiary/aromatic N) is 3. The van der Waals surface area contributed by atoms with Gasteiger partial charge in [-0.2, -0.15) is 0 Å². The first kappa shape index (κ1) is 26.9. The molecule has 42 heavy (non-hydrogen) atoms. The maximum atomic E-state index is 14.3. The van der Waals surface area contributed by atoms with Crippen LogP contribution in [-0.2, 0) is 11.3 Å². The van der Waals surface area contributed by atoms with Crippen LogP contribution in [0, 0.1) is 24.2 Å². The average molecular weight is 571 g/mol. The van der Waals surface area contributed by atoms with E-state index in [1.807, 2.05) is 36.2 Å². The zero-order valence-electron chi connectivity index (χ0n) is 24.9. The van der Waals surface area contributed by atoms with Crippen LogP contribution in [0.3, 0.4) is 0 Å². The van der Waals surface area contributed by atoms with Crippen LogP contribution in [0.1, 0.15) is 62.4 Å². The summed E-state index contributed by atoms with van der Waals surface area (Å²) in [5.74, 6) is 1.91. The molecule has 0 radical (unpaired) electrons. The second-order valence-electron chi connectivity index (χ2n) is 13.4. The minimum absolute atomic E-state index is 0.0470. The van der Waals surface area contributed by atoms with Crippen molar-refractivity contribution in [2.75, 3.05) is 13.7 Å². The van der Waals surface area contributed by atoms with Gasteiger partial charge in [0.1, 0.15) is 23.1 Å². The second kappa shape index (κ2) is 9.24. The number of piperidine rings is 1. The molecule has 3 aliphatic rings. The lowest BCUT2D eigenvalue weighted by Crippen LogP contribution is -2.60. The normalized spacial score (nSPS) is 23.7. The summed E-state index contributed by atoms with van der Waals surface area (Å²) in [6.45, 7) is 9.73. The zero-order chi connectivity index (χ0) is 29.6. The summed E-state index contributed by atoms with van der Waals surface area (Å²) in [6, 6.07) is 9.81. The smallest absolute Gasteiger partial charge is 0.404 e. The Morgan fingerprint density at radius 1 is 1.19 bits per heavy atom. The highest BCUT2D eigenvalue weighted by Crippen LogP contribution is 2.57. The topological polar surface area (TPSA) is 113 Å². The maximum Gasteiger partial charge on any atom is 0.404 e. The molecule has 2 bridgehead atoms. The Kier molecular flexibility index (Phi) is 5.91. The molecular weight excluding hydrogens is 532 g/mol. The van der Waals surface area contributed by atoms with Crippen LogP contribution in [-0.4, -0.2) is 51.7 Å². The van der Waals surface area contributed by atoms with Gasteiger partial charge >= 0.3 is 6.09 Å². The molecule has 220 valence electrons. The molecule has 7 rings (SSSR count). The summed E-state index contributed by atoms with van der Waals surface area (Å²) in [5, 5.41) is 1.92. The molecule has 3 atom stereocenters. The van der Waals surface area contributed by atoms with E-state index in [-0.39, 0.29) is 17.2 Å². The number of hydrogen-bond acceptors (Lipinski definition) is 6. The Morgan fingerprint density at radius 2 is 1.98 bits per heavy atom. The van der Waals surface area contributed by atoms with Crippen molar-refractivity contribution in [2.45, 2.75) is 71.6 Å². The highest BCUT2D eigenvalue weighted by atomic mass is 16.6. The first-order valence-corrected chi connectivity index (χ1v) is 14.9. The third-order valence-electron chi connectivity index (χ3n) is 9.97. The van der Waals surface area contributed by atoms with Crippen molar-refractivity contribution in [3.05, 3.63) is 47.7 Å². The predicted molar refractivity (Wildman–Crippen MR) is 159 cm³/mol.